The molecule has 0 heterocycles. The lowest BCUT2D eigenvalue weighted by atomic mass is 9.93. The summed E-state index contributed by atoms with van der Waals surface area (Å²) in [5.74, 6) is 0. The lowest BCUT2D eigenvalue weighted by Gasteiger charge is -2.23. The summed E-state index contributed by atoms with van der Waals surface area (Å²) in [5.41, 5.74) is -0.478. The molecule has 0 fully saturated rings. The van der Waals surface area contributed by atoms with Crippen molar-refractivity contribution in [3.05, 3.63) is 34.9 Å². The van der Waals surface area contributed by atoms with Crippen LogP contribution < -0.4 is 0 Å². The van der Waals surface area contributed by atoms with Gasteiger partial charge in [-0.2, -0.15) is 8.42 Å². The van der Waals surface area contributed by atoms with Gasteiger partial charge in [0.1, 0.15) is 0 Å². The Labute approximate surface area is 106 Å². The van der Waals surface area contributed by atoms with E-state index in [1.807, 2.05) is 0 Å². The predicted molar refractivity (Wildman–Crippen MR) is 66.4 cm³/mol. The molecule has 1 atom stereocenters. The molecule has 0 aliphatic carbocycles. The Morgan fingerprint density at radius 3 is 2.35 bits per heavy atom. The molecule has 4 nitrogen and oxygen atoms in total. The highest BCUT2D eigenvalue weighted by Crippen LogP contribution is 2.25. The van der Waals surface area contributed by atoms with E-state index >= 15 is 0 Å². The highest BCUT2D eigenvalue weighted by Gasteiger charge is 2.23. The summed E-state index contributed by atoms with van der Waals surface area (Å²) in [6, 6.07) is 6.73. The van der Waals surface area contributed by atoms with Crippen molar-refractivity contribution in [3.8, 4) is 0 Å². The van der Waals surface area contributed by atoms with Crippen LogP contribution in [0.1, 0.15) is 18.9 Å². The van der Waals surface area contributed by atoms with Crippen LogP contribution in [0.2, 0.25) is 5.02 Å². The first-order chi connectivity index (χ1) is 7.71. The van der Waals surface area contributed by atoms with Gasteiger partial charge in [-0.15, -0.1) is 0 Å². The van der Waals surface area contributed by atoms with Gasteiger partial charge in [-0.3, -0.25) is 4.18 Å². The minimum absolute atomic E-state index is 0.0611. The van der Waals surface area contributed by atoms with Crippen molar-refractivity contribution >= 4 is 21.7 Å². The molecule has 0 amide bonds. The Balaban J connectivity index is 2.65. The number of hydrogen-bond donors (Lipinski definition) is 1. The fourth-order valence-electron chi connectivity index (χ4n) is 1.35. The fraction of sp³-hybridized carbons (Fsp3) is 0.455. The maximum absolute atomic E-state index is 10.8. The molecular formula is C11H15ClO4S. The molecule has 6 heteroatoms. The number of hydrogen-bond acceptors (Lipinski definition) is 4. The van der Waals surface area contributed by atoms with Gasteiger partial charge in [0.15, 0.2) is 0 Å². The molecule has 0 aromatic heterocycles. The van der Waals surface area contributed by atoms with E-state index in [0.717, 1.165) is 6.26 Å². The Morgan fingerprint density at radius 2 is 1.88 bits per heavy atom. The highest BCUT2D eigenvalue weighted by atomic mass is 35.5. The summed E-state index contributed by atoms with van der Waals surface area (Å²) in [6.45, 7) is 1.54. The summed E-state index contributed by atoms with van der Waals surface area (Å²) in [4.78, 5) is 0. The number of aliphatic hydroxyl groups is 1. The maximum atomic E-state index is 10.8. The monoisotopic (exact) mass is 278 g/mol. The van der Waals surface area contributed by atoms with E-state index in [0.29, 0.717) is 10.6 Å². The molecule has 0 aliphatic heterocycles. The minimum Gasteiger partial charge on any atom is -0.385 e. The third-order valence-corrected chi connectivity index (χ3v) is 3.20. The van der Waals surface area contributed by atoms with Crippen molar-refractivity contribution in [1.82, 2.24) is 0 Å². The first-order valence-electron chi connectivity index (χ1n) is 5.03. The van der Waals surface area contributed by atoms with Crippen LogP contribution in [0.3, 0.4) is 0 Å². The molecule has 1 N–H and O–H groups in total. The fourth-order valence-corrected chi connectivity index (χ4v) is 1.86. The Morgan fingerprint density at radius 1 is 1.35 bits per heavy atom. The molecule has 0 bridgehead atoms. The van der Waals surface area contributed by atoms with Crippen LogP contribution in [-0.4, -0.2) is 26.4 Å². The molecule has 1 unspecified atom stereocenters. The first kappa shape index (κ1) is 14.4. The molecule has 96 valence electrons. The molecule has 1 aromatic carbocycles. The van der Waals surface area contributed by atoms with E-state index < -0.39 is 15.7 Å². The number of rotatable bonds is 5. The van der Waals surface area contributed by atoms with Crippen molar-refractivity contribution < 1.29 is 17.7 Å². The smallest absolute Gasteiger partial charge is 0.264 e. The lowest BCUT2D eigenvalue weighted by molar-refractivity contribution is 0.0345. The van der Waals surface area contributed by atoms with Gasteiger partial charge in [0.2, 0.25) is 0 Å². The molecular weight excluding hydrogens is 264 g/mol. The van der Waals surface area contributed by atoms with E-state index in [4.69, 9.17) is 11.6 Å². The summed E-state index contributed by atoms with van der Waals surface area (Å²) in [6.07, 6.45) is 1.16. The van der Waals surface area contributed by atoms with E-state index in [2.05, 4.69) is 4.18 Å². The predicted octanol–water partition coefficient (Wildman–Crippen LogP) is 1.91. The quantitative estimate of drug-likeness (QED) is 0.836. The largest absolute Gasteiger partial charge is 0.385 e. The highest BCUT2D eigenvalue weighted by molar-refractivity contribution is 7.85. The van der Waals surface area contributed by atoms with Gasteiger partial charge in [-0.1, -0.05) is 23.7 Å². The second kappa shape index (κ2) is 5.35. The van der Waals surface area contributed by atoms with E-state index in [1.54, 1.807) is 31.2 Å². The van der Waals surface area contributed by atoms with Gasteiger partial charge in [-0.25, -0.2) is 0 Å². The minimum atomic E-state index is -3.47. The van der Waals surface area contributed by atoms with Gasteiger partial charge < -0.3 is 5.11 Å². The summed E-state index contributed by atoms with van der Waals surface area (Å²) in [5, 5.41) is 10.7. The Hall–Kier alpha value is -0.620. The van der Waals surface area contributed by atoms with E-state index in [9.17, 15) is 13.5 Å². The Kier molecular flexibility index (Phi) is 4.55. The normalized spacial score (nSPS) is 15.5. The van der Waals surface area contributed by atoms with Crippen LogP contribution in [0.4, 0.5) is 0 Å². The third-order valence-electron chi connectivity index (χ3n) is 2.35. The SMILES string of the molecule is CC(O)(CCOS(C)(=O)=O)c1ccc(Cl)cc1. The average molecular weight is 279 g/mol. The Bertz CT molecular complexity index is 465. The van der Waals surface area contributed by atoms with Crippen LogP contribution in [-0.2, 0) is 19.9 Å². The number of benzene rings is 1. The van der Waals surface area contributed by atoms with Crippen LogP contribution >= 0.6 is 11.6 Å². The zero-order valence-electron chi connectivity index (χ0n) is 9.68. The van der Waals surface area contributed by atoms with E-state index in [-0.39, 0.29) is 13.0 Å². The van der Waals surface area contributed by atoms with Crippen LogP contribution in [0.15, 0.2) is 24.3 Å². The van der Waals surface area contributed by atoms with Crippen molar-refractivity contribution in [1.29, 1.82) is 0 Å². The number of halogens is 1. The topological polar surface area (TPSA) is 63.6 Å². The summed E-state index contributed by atoms with van der Waals surface area (Å²) >= 11 is 5.74. The molecule has 0 saturated heterocycles. The van der Waals surface area contributed by atoms with Gasteiger partial charge in [-0.05, 0) is 24.6 Å². The van der Waals surface area contributed by atoms with Crippen molar-refractivity contribution in [2.75, 3.05) is 12.9 Å². The van der Waals surface area contributed by atoms with E-state index in [1.165, 1.54) is 0 Å². The molecule has 1 aromatic rings. The first-order valence-corrected chi connectivity index (χ1v) is 7.23. The average Bonchev–Trinajstić information content (AvgIpc) is 2.15. The van der Waals surface area contributed by atoms with Gasteiger partial charge in [0.05, 0.1) is 18.5 Å². The van der Waals surface area contributed by atoms with Crippen molar-refractivity contribution in [2.24, 2.45) is 0 Å². The zero-order valence-corrected chi connectivity index (χ0v) is 11.3. The molecule has 1 rings (SSSR count). The van der Waals surface area contributed by atoms with Crippen LogP contribution in [0.25, 0.3) is 0 Å². The molecule has 17 heavy (non-hydrogen) atoms. The van der Waals surface area contributed by atoms with Crippen LogP contribution in [0, 0.1) is 0 Å². The standard InChI is InChI=1S/C11H15ClO4S/c1-11(13,7-8-16-17(2,14)15)9-3-5-10(12)6-4-9/h3-6,13H,7-8H2,1-2H3. The molecule has 0 saturated carbocycles. The molecule has 0 radical (unpaired) electrons. The second-order valence-electron chi connectivity index (χ2n) is 4.06. The van der Waals surface area contributed by atoms with Crippen molar-refractivity contribution in [3.63, 3.8) is 0 Å². The summed E-state index contributed by atoms with van der Waals surface area (Å²) in [7, 11) is -3.47. The molecule has 0 spiro atoms. The maximum Gasteiger partial charge on any atom is 0.264 e. The summed E-state index contributed by atoms with van der Waals surface area (Å²) < 4.78 is 26.2. The van der Waals surface area contributed by atoms with Gasteiger partial charge >= 0.3 is 0 Å². The molecule has 0 aliphatic rings. The van der Waals surface area contributed by atoms with Gasteiger partial charge in [0.25, 0.3) is 10.1 Å². The van der Waals surface area contributed by atoms with Crippen molar-refractivity contribution in [2.45, 2.75) is 18.9 Å². The zero-order chi connectivity index (χ0) is 13.1. The lowest BCUT2D eigenvalue weighted by Crippen LogP contribution is -2.24. The third kappa shape index (κ3) is 5.04. The van der Waals surface area contributed by atoms with Gasteiger partial charge in [0, 0.05) is 11.4 Å². The second-order valence-corrected chi connectivity index (χ2v) is 6.14. The van der Waals surface area contributed by atoms with Crippen LogP contribution in [0.5, 0.6) is 0 Å².